The molecule has 0 aliphatic carbocycles. The Morgan fingerprint density at radius 1 is 1.10 bits per heavy atom. The lowest BCUT2D eigenvalue weighted by atomic mass is 10.1. The molecule has 0 saturated carbocycles. The first-order chi connectivity index (χ1) is 10.2. The molecule has 0 radical (unpaired) electrons. The molecule has 0 saturated heterocycles. The lowest BCUT2D eigenvalue weighted by Crippen LogP contribution is -1.98. The molecule has 1 aromatic carbocycles. The Labute approximate surface area is 129 Å². The van der Waals surface area contributed by atoms with Gasteiger partial charge in [-0.2, -0.15) is 15.0 Å². The monoisotopic (exact) mass is 340 g/mol. The number of hydrogen-bond donors (Lipinski definition) is 1. The van der Waals surface area contributed by atoms with Crippen molar-refractivity contribution in [1.29, 1.82) is 5.26 Å². The number of hydrogen-bond acceptors (Lipinski definition) is 4. The first-order valence-electron chi connectivity index (χ1n) is 6.08. The third kappa shape index (κ3) is 2.51. The maximum absolute atomic E-state index is 10.3. The molecule has 0 spiro atoms. The second-order valence-corrected chi connectivity index (χ2v) is 5.23. The van der Waals surface area contributed by atoms with E-state index < -0.39 is 0 Å². The standard InChI is InChI=1S/C15H9BrN4O/c16-12-5-6-14(18-8-12)20-15(21)13(9-19-20)11-3-1-10(7-17)2-4-11/h1-6,8-9,21H. The molecule has 3 aromatic rings. The maximum atomic E-state index is 10.3. The second-order valence-electron chi connectivity index (χ2n) is 4.32. The van der Waals surface area contributed by atoms with Gasteiger partial charge in [0.1, 0.15) is 0 Å². The zero-order valence-corrected chi connectivity index (χ0v) is 12.3. The predicted molar refractivity (Wildman–Crippen MR) is 80.9 cm³/mol. The first-order valence-corrected chi connectivity index (χ1v) is 6.88. The largest absolute Gasteiger partial charge is 0.493 e. The third-order valence-corrected chi connectivity index (χ3v) is 3.47. The van der Waals surface area contributed by atoms with Crippen LogP contribution in [0.1, 0.15) is 5.56 Å². The number of rotatable bonds is 2. The average Bonchev–Trinajstić information content (AvgIpc) is 2.90. The Morgan fingerprint density at radius 3 is 2.48 bits per heavy atom. The van der Waals surface area contributed by atoms with Crippen LogP contribution in [0.2, 0.25) is 0 Å². The average molecular weight is 341 g/mol. The van der Waals surface area contributed by atoms with E-state index >= 15 is 0 Å². The van der Waals surface area contributed by atoms with E-state index in [1.807, 2.05) is 6.07 Å². The van der Waals surface area contributed by atoms with Crippen LogP contribution in [-0.4, -0.2) is 19.9 Å². The molecule has 0 bridgehead atoms. The number of halogens is 1. The van der Waals surface area contributed by atoms with Crippen molar-refractivity contribution in [2.45, 2.75) is 0 Å². The smallest absolute Gasteiger partial charge is 0.223 e. The molecule has 0 unspecified atom stereocenters. The molecule has 0 aliphatic heterocycles. The molecule has 0 aliphatic rings. The van der Waals surface area contributed by atoms with Crippen LogP contribution in [-0.2, 0) is 0 Å². The quantitative estimate of drug-likeness (QED) is 0.776. The Hall–Kier alpha value is -2.65. The molecule has 1 N–H and O–H groups in total. The molecule has 6 heteroatoms. The number of pyridine rings is 1. The van der Waals surface area contributed by atoms with Crippen molar-refractivity contribution in [2.24, 2.45) is 0 Å². The highest BCUT2D eigenvalue weighted by Gasteiger charge is 2.13. The lowest BCUT2D eigenvalue weighted by Gasteiger charge is -2.03. The van der Waals surface area contributed by atoms with Gasteiger partial charge in [-0.3, -0.25) is 0 Å². The van der Waals surface area contributed by atoms with Crippen LogP contribution in [0.15, 0.2) is 53.3 Å². The van der Waals surface area contributed by atoms with Gasteiger partial charge in [0.2, 0.25) is 5.88 Å². The van der Waals surface area contributed by atoms with Crippen molar-refractivity contribution in [3.63, 3.8) is 0 Å². The summed E-state index contributed by atoms with van der Waals surface area (Å²) in [5, 5.41) is 23.3. The van der Waals surface area contributed by atoms with Crippen LogP contribution in [0, 0.1) is 11.3 Å². The summed E-state index contributed by atoms with van der Waals surface area (Å²) in [6.45, 7) is 0. The summed E-state index contributed by atoms with van der Waals surface area (Å²) in [5.41, 5.74) is 1.94. The number of benzene rings is 1. The third-order valence-electron chi connectivity index (χ3n) is 3.00. The van der Waals surface area contributed by atoms with Gasteiger partial charge in [-0.1, -0.05) is 12.1 Å². The van der Waals surface area contributed by atoms with E-state index in [4.69, 9.17) is 5.26 Å². The topological polar surface area (TPSA) is 74.7 Å². The minimum Gasteiger partial charge on any atom is -0.493 e. The van der Waals surface area contributed by atoms with Gasteiger partial charge in [0.25, 0.3) is 0 Å². The number of nitrogens with zero attached hydrogens (tertiary/aromatic N) is 4. The van der Waals surface area contributed by atoms with E-state index in [9.17, 15) is 5.11 Å². The van der Waals surface area contributed by atoms with Gasteiger partial charge in [-0.05, 0) is 45.8 Å². The van der Waals surface area contributed by atoms with E-state index in [-0.39, 0.29) is 5.88 Å². The number of aromatic nitrogens is 3. The summed E-state index contributed by atoms with van der Waals surface area (Å²) in [4.78, 5) is 4.19. The van der Waals surface area contributed by atoms with Crippen LogP contribution in [0.3, 0.4) is 0 Å². The van der Waals surface area contributed by atoms with Crippen LogP contribution < -0.4 is 0 Å². The van der Waals surface area contributed by atoms with Crippen molar-refractivity contribution >= 4 is 15.9 Å². The van der Waals surface area contributed by atoms with E-state index in [0.717, 1.165) is 10.0 Å². The second kappa shape index (κ2) is 5.38. The molecule has 0 fully saturated rings. The normalized spacial score (nSPS) is 10.3. The van der Waals surface area contributed by atoms with Crippen molar-refractivity contribution in [3.05, 3.63) is 58.8 Å². The lowest BCUT2D eigenvalue weighted by molar-refractivity contribution is 0.433. The molecule has 3 rings (SSSR count). The fraction of sp³-hybridized carbons (Fsp3) is 0. The minimum absolute atomic E-state index is 0.00882. The van der Waals surface area contributed by atoms with Crippen LogP contribution in [0.4, 0.5) is 0 Å². The SMILES string of the molecule is N#Cc1ccc(-c2cnn(-c3ccc(Br)cn3)c2O)cc1. The van der Waals surface area contributed by atoms with Crippen molar-refractivity contribution < 1.29 is 5.11 Å². The predicted octanol–water partition coefficient (Wildman–Crippen LogP) is 3.27. The van der Waals surface area contributed by atoms with Gasteiger partial charge < -0.3 is 5.11 Å². The Bertz CT molecular complexity index is 816. The number of nitriles is 1. The van der Waals surface area contributed by atoms with Crippen LogP contribution in [0.5, 0.6) is 5.88 Å². The zero-order valence-electron chi connectivity index (χ0n) is 10.7. The summed E-state index contributed by atoms with van der Waals surface area (Å²) in [7, 11) is 0. The van der Waals surface area contributed by atoms with Crippen molar-refractivity contribution in [3.8, 4) is 28.9 Å². The molecule has 0 atom stereocenters. The van der Waals surface area contributed by atoms with Gasteiger partial charge in [0.15, 0.2) is 5.82 Å². The van der Waals surface area contributed by atoms with Gasteiger partial charge in [-0.25, -0.2) is 4.98 Å². The van der Waals surface area contributed by atoms with Crippen LogP contribution in [0.25, 0.3) is 16.9 Å². The van der Waals surface area contributed by atoms with E-state index in [1.54, 1.807) is 42.7 Å². The summed E-state index contributed by atoms with van der Waals surface area (Å²) < 4.78 is 2.21. The van der Waals surface area contributed by atoms with Gasteiger partial charge in [-0.15, -0.1) is 0 Å². The van der Waals surface area contributed by atoms with E-state index in [1.165, 1.54) is 4.68 Å². The Kier molecular flexibility index (Phi) is 3.42. The molecule has 2 aromatic heterocycles. The molecular weight excluding hydrogens is 332 g/mol. The van der Waals surface area contributed by atoms with Crippen LogP contribution >= 0.6 is 15.9 Å². The summed E-state index contributed by atoms with van der Waals surface area (Å²) in [5.74, 6) is 0.533. The fourth-order valence-electron chi connectivity index (χ4n) is 1.93. The van der Waals surface area contributed by atoms with E-state index in [0.29, 0.717) is 16.9 Å². The van der Waals surface area contributed by atoms with Gasteiger partial charge in [0.05, 0.1) is 23.4 Å². The van der Waals surface area contributed by atoms with E-state index in [2.05, 4.69) is 32.1 Å². The molecule has 0 amide bonds. The molecule has 21 heavy (non-hydrogen) atoms. The Balaban J connectivity index is 2.02. The molecular formula is C15H9BrN4O. The van der Waals surface area contributed by atoms with Crippen molar-refractivity contribution in [2.75, 3.05) is 0 Å². The molecule has 102 valence electrons. The minimum atomic E-state index is 0.00882. The van der Waals surface area contributed by atoms with Gasteiger partial charge >= 0.3 is 0 Å². The highest BCUT2D eigenvalue weighted by molar-refractivity contribution is 9.10. The maximum Gasteiger partial charge on any atom is 0.223 e. The summed E-state index contributed by atoms with van der Waals surface area (Å²) in [6, 6.07) is 12.6. The zero-order chi connectivity index (χ0) is 14.8. The molecule has 5 nitrogen and oxygen atoms in total. The highest BCUT2D eigenvalue weighted by Crippen LogP contribution is 2.30. The first kappa shape index (κ1) is 13.3. The summed E-state index contributed by atoms with van der Waals surface area (Å²) in [6.07, 6.45) is 3.21. The van der Waals surface area contributed by atoms with Crippen molar-refractivity contribution in [1.82, 2.24) is 14.8 Å². The summed E-state index contributed by atoms with van der Waals surface area (Å²) >= 11 is 3.31. The molecule has 2 heterocycles. The van der Waals surface area contributed by atoms with Gasteiger partial charge in [0, 0.05) is 10.7 Å². The Morgan fingerprint density at radius 2 is 1.86 bits per heavy atom. The highest BCUT2D eigenvalue weighted by atomic mass is 79.9. The fourth-order valence-corrected chi connectivity index (χ4v) is 2.17. The number of aromatic hydroxyl groups is 1.